The van der Waals surface area contributed by atoms with E-state index in [-0.39, 0.29) is 5.54 Å². The van der Waals surface area contributed by atoms with E-state index in [1.807, 2.05) is 0 Å². The molecule has 0 amide bonds. The number of nitrogens with two attached hydrogens (primary N) is 1. The highest BCUT2D eigenvalue weighted by Gasteiger charge is 2.30. The summed E-state index contributed by atoms with van der Waals surface area (Å²) in [6.07, 6.45) is 19.5. The molecule has 0 saturated heterocycles. The van der Waals surface area contributed by atoms with Crippen LogP contribution in [-0.4, -0.2) is 17.4 Å². The Labute approximate surface area is 142 Å². The fourth-order valence-electron chi connectivity index (χ4n) is 4.08. The molecule has 0 spiro atoms. The van der Waals surface area contributed by atoms with E-state index < -0.39 is 0 Å². The van der Waals surface area contributed by atoms with Gasteiger partial charge in [0.1, 0.15) is 0 Å². The number of rotatable bonds is 5. The van der Waals surface area contributed by atoms with Crippen LogP contribution in [0.4, 0.5) is 0 Å². The zero-order valence-electron chi connectivity index (χ0n) is 14.9. The molecule has 0 aromatic carbocycles. The van der Waals surface area contributed by atoms with Crippen molar-refractivity contribution in [2.45, 2.75) is 114 Å². The van der Waals surface area contributed by atoms with Crippen molar-refractivity contribution < 1.29 is 0 Å². The Morgan fingerprint density at radius 2 is 1.39 bits per heavy atom. The summed E-state index contributed by atoms with van der Waals surface area (Å²) >= 11 is 0. The number of hydrogen-bond donors (Lipinski definition) is 2. The van der Waals surface area contributed by atoms with Crippen LogP contribution in [0.5, 0.6) is 0 Å². The van der Waals surface area contributed by atoms with Crippen molar-refractivity contribution in [1.82, 2.24) is 0 Å². The van der Waals surface area contributed by atoms with E-state index in [0.717, 1.165) is 19.3 Å². The third kappa shape index (κ3) is 7.01. The van der Waals surface area contributed by atoms with Gasteiger partial charge >= 0.3 is 0 Å². The van der Waals surface area contributed by atoms with Gasteiger partial charge < -0.3 is 5.73 Å². The minimum Gasteiger partial charge on any atom is -0.388 e. The zero-order valence-corrected chi connectivity index (χ0v) is 14.9. The molecule has 2 aliphatic carbocycles. The molecular formula is C19H36N4. The van der Waals surface area contributed by atoms with Gasteiger partial charge in [-0.05, 0) is 32.1 Å². The minimum atomic E-state index is -0.0333. The van der Waals surface area contributed by atoms with Gasteiger partial charge in [0.2, 0.25) is 0 Å². The van der Waals surface area contributed by atoms with Gasteiger partial charge in [-0.1, -0.05) is 64.2 Å². The summed E-state index contributed by atoms with van der Waals surface area (Å²) in [6.45, 7) is 0. The van der Waals surface area contributed by atoms with Gasteiger partial charge in [-0.3, -0.25) is 5.41 Å². The Hall–Kier alpha value is -0.930. The van der Waals surface area contributed by atoms with Crippen LogP contribution in [0.1, 0.15) is 103 Å². The lowest BCUT2D eigenvalue weighted by molar-refractivity contribution is 0.282. The van der Waals surface area contributed by atoms with E-state index in [1.165, 1.54) is 77.0 Å². The van der Waals surface area contributed by atoms with Crippen molar-refractivity contribution in [2.75, 3.05) is 0 Å². The molecule has 23 heavy (non-hydrogen) atoms. The highest BCUT2D eigenvalue weighted by molar-refractivity contribution is 5.76. The normalized spacial score (nSPS) is 24.5. The Bertz CT molecular complexity index is 362. The molecule has 0 aromatic heterocycles. The van der Waals surface area contributed by atoms with Gasteiger partial charge in [0.15, 0.2) is 0 Å². The summed E-state index contributed by atoms with van der Waals surface area (Å²) in [5, 5.41) is 17.4. The van der Waals surface area contributed by atoms with Crippen LogP contribution in [0.25, 0.3) is 0 Å². The molecule has 0 heterocycles. The molecule has 0 unspecified atom stereocenters. The van der Waals surface area contributed by atoms with Crippen molar-refractivity contribution >= 4 is 5.84 Å². The molecule has 2 rings (SSSR count). The number of amidine groups is 1. The minimum absolute atomic E-state index is 0.0333. The van der Waals surface area contributed by atoms with E-state index >= 15 is 0 Å². The van der Waals surface area contributed by atoms with E-state index in [9.17, 15) is 0 Å². The highest BCUT2D eigenvalue weighted by atomic mass is 15.2. The van der Waals surface area contributed by atoms with Crippen LogP contribution in [-0.2, 0) is 0 Å². The quantitative estimate of drug-likeness (QED) is 0.377. The molecule has 0 radical (unpaired) electrons. The average molecular weight is 321 g/mol. The van der Waals surface area contributed by atoms with Crippen molar-refractivity contribution in [2.24, 2.45) is 16.0 Å². The van der Waals surface area contributed by atoms with E-state index in [1.54, 1.807) is 0 Å². The SMILES string of the molecule is N=C(N)CCC1(N=NC2CCCCCCC2)CCCCCCC1. The van der Waals surface area contributed by atoms with Crippen LogP contribution < -0.4 is 5.73 Å². The van der Waals surface area contributed by atoms with Crippen molar-refractivity contribution in [1.29, 1.82) is 5.41 Å². The molecule has 2 saturated carbocycles. The highest BCUT2D eigenvalue weighted by Crippen LogP contribution is 2.35. The molecule has 0 atom stereocenters. The van der Waals surface area contributed by atoms with Crippen molar-refractivity contribution in [3.63, 3.8) is 0 Å². The predicted octanol–water partition coefficient (Wildman–Crippen LogP) is 5.75. The maximum atomic E-state index is 7.58. The van der Waals surface area contributed by atoms with Gasteiger partial charge in [0.25, 0.3) is 0 Å². The second-order valence-electron chi connectivity index (χ2n) is 7.73. The largest absolute Gasteiger partial charge is 0.388 e. The van der Waals surface area contributed by atoms with E-state index in [0.29, 0.717) is 18.3 Å². The molecule has 0 aromatic rings. The fraction of sp³-hybridized carbons (Fsp3) is 0.947. The molecular weight excluding hydrogens is 284 g/mol. The van der Waals surface area contributed by atoms with Crippen molar-refractivity contribution in [3.05, 3.63) is 0 Å². The summed E-state index contributed by atoms with van der Waals surface area (Å²) in [5.41, 5.74) is 5.59. The van der Waals surface area contributed by atoms with Crippen LogP contribution in [0, 0.1) is 5.41 Å². The topological polar surface area (TPSA) is 74.6 Å². The maximum absolute atomic E-state index is 7.58. The summed E-state index contributed by atoms with van der Waals surface area (Å²) < 4.78 is 0. The van der Waals surface area contributed by atoms with Gasteiger partial charge in [-0.15, -0.1) is 0 Å². The maximum Gasteiger partial charge on any atom is 0.0906 e. The molecule has 2 fully saturated rings. The summed E-state index contributed by atoms with van der Waals surface area (Å²) in [7, 11) is 0. The second-order valence-corrected chi connectivity index (χ2v) is 7.73. The van der Waals surface area contributed by atoms with E-state index in [2.05, 4.69) is 0 Å². The zero-order chi connectivity index (χ0) is 16.4. The van der Waals surface area contributed by atoms with Crippen LogP contribution >= 0.6 is 0 Å². The van der Waals surface area contributed by atoms with Crippen LogP contribution in [0.15, 0.2) is 10.2 Å². The number of hydrogen-bond acceptors (Lipinski definition) is 3. The van der Waals surface area contributed by atoms with Gasteiger partial charge in [0, 0.05) is 6.42 Å². The molecule has 3 N–H and O–H groups in total. The third-order valence-corrected chi connectivity index (χ3v) is 5.65. The third-order valence-electron chi connectivity index (χ3n) is 5.65. The lowest BCUT2D eigenvalue weighted by Gasteiger charge is -2.31. The Morgan fingerprint density at radius 1 is 0.870 bits per heavy atom. The fourth-order valence-corrected chi connectivity index (χ4v) is 4.08. The van der Waals surface area contributed by atoms with Crippen molar-refractivity contribution in [3.8, 4) is 0 Å². The number of nitrogens with zero attached hydrogens (tertiary/aromatic N) is 2. The molecule has 132 valence electrons. The average Bonchev–Trinajstić information content (AvgIpc) is 2.47. The summed E-state index contributed by atoms with van der Waals surface area (Å²) in [4.78, 5) is 0. The Balaban J connectivity index is 2.01. The molecule has 4 heteroatoms. The van der Waals surface area contributed by atoms with Crippen LogP contribution in [0.2, 0.25) is 0 Å². The van der Waals surface area contributed by atoms with Gasteiger partial charge in [-0.25, -0.2) is 0 Å². The molecule has 0 aliphatic heterocycles. The first kappa shape index (κ1) is 18.4. The summed E-state index contributed by atoms with van der Waals surface area (Å²) in [6, 6.07) is 0.440. The lowest BCUT2D eigenvalue weighted by Crippen LogP contribution is -2.30. The molecule has 4 nitrogen and oxygen atoms in total. The first-order valence-electron chi connectivity index (χ1n) is 9.95. The smallest absolute Gasteiger partial charge is 0.0906 e. The summed E-state index contributed by atoms with van der Waals surface area (Å²) in [5.74, 6) is 0.299. The number of azo groups is 1. The molecule has 2 aliphatic rings. The molecule has 0 bridgehead atoms. The standard InChI is InChI=1S/C19H36N4/c20-18(21)13-16-19(14-9-5-2-6-10-15-19)23-22-17-11-7-3-1-4-8-12-17/h17H,1-16H2,(H3,20,21). The first-order chi connectivity index (χ1) is 11.2. The first-order valence-corrected chi connectivity index (χ1v) is 9.95. The monoisotopic (exact) mass is 320 g/mol. The predicted molar refractivity (Wildman–Crippen MR) is 97.2 cm³/mol. The Morgan fingerprint density at radius 3 is 1.96 bits per heavy atom. The lowest BCUT2D eigenvalue weighted by atomic mass is 9.81. The van der Waals surface area contributed by atoms with Gasteiger partial charge in [0.05, 0.1) is 17.4 Å². The second kappa shape index (κ2) is 10.0. The Kier molecular flexibility index (Phi) is 8.04. The number of nitrogens with one attached hydrogen (secondary N) is 1. The van der Waals surface area contributed by atoms with Gasteiger partial charge in [-0.2, -0.15) is 10.2 Å². The van der Waals surface area contributed by atoms with Crippen LogP contribution in [0.3, 0.4) is 0 Å². The van der Waals surface area contributed by atoms with E-state index in [4.69, 9.17) is 21.4 Å².